The first kappa shape index (κ1) is 16.7. The Morgan fingerprint density at radius 1 is 1.36 bits per heavy atom. The highest BCUT2D eigenvalue weighted by molar-refractivity contribution is 8.04. The van der Waals surface area contributed by atoms with E-state index in [1.807, 2.05) is 9.80 Å². The average molecular weight is 403 g/mol. The van der Waals surface area contributed by atoms with Gasteiger partial charge in [0.25, 0.3) is 0 Å². The van der Waals surface area contributed by atoms with E-state index in [4.69, 9.17) is 4.74 Å². The number of aliphatic carboxylic acids is 1. The lowest BCUT2D eigenvalue weighted by molar-refractivity contribution is -0.145. The quantitative estimate of drug-likeness (QED) is 0.770. The van der Waals surface area contributed by atoms with Crippen molar-refractivity contribution in [1.82, 2.24) is 4.90 Å². The van der Waals surface area contributed by atoms with E-state index in [2.05, 4.69) is 11.8 Å². The zero-order valence-corrected chi connectivity index (χ0v) is 16.0. The zero-order chi connectivity index (χ0) is 19.4. The van der Waals surface area contributed by atoms with Gasteiger partial charge in [-0.05, 0) is 12.6 Å². The molecule has 146 valence electrons. The van der Waals surface area contributed by atoms with Crippen LogP contribution in [0.2, 0.25) is 0 Å². The maximum Gasteiger partial charge on any atom is 0.321 e. The van der Waals surface area contributed by atoms with Gasteiger partial charge in [0.15, 0.2) is 22.8 Å². The monoisotopic (exact) mass is 403 g/mol. The van der Waals surface area contributed by atoms with Crippen LogP contribution in [0.4, 0.5) is 15.8 Å². The summed E-state index contributed by atoms with van der Waals surface area (Å²) in [5.41, 5.74) is -0.503. The summed E-state index contributed by atoms with van der Waals surface area (Å²) >= 11 is 1.38. The van der Waals surface area contributed by atoms with Gasteiger partial charge in [-0.3, -0.25) is 14.5 Å². The molecule has 6 rings (SSSR count). The van der Waals surface area contributed by atoms with Crippen molar-refractivity contribution >= 4 is 34.9 Å². The molecule has 2 fully saturated rings. The van der Waals surface area contributed by atoms with E-state index in [1.165, 1.54) is 17.8 Å². The van der Waals surface area contributed by atoms with Crippen LogP contribution in [0.25, 0.3) is 0 Å². The largest absolute Gasteiger partial charge is 0.480 e. The van der Waals surface area contributed by atoms with Crippen molar-refractivity contribution in [2.75, 3.05) is 42.5 Å². The van der Waals surface area contributed by atoms with Crippen LogP contribution in [-0.4, -0.2) is 59.9 Å². The Morgan fingerprint density at radius 2 is 2.11 bits per heavy atom. The van der Waals surface area contributed by atoms with Crippen molar-refractivity contribution < 1.29 is 23.8 Å². The number of halogens is 1. The number of carboxylic acids is 1. The highest BCUT2D eigenvalue weighted by atomic mass is 32.2. The van der Waals surface area contributed by atoms with Gasteiger partial charge in [0.1, 0.15) is 16.7 Å². The fraction of sp³-hybridized carbons (Fsp3) is 0.474. The molecule has 7 nitrogen and oxygen atoms in total. The molecule has 0 saturated carbocycles. The minimum absolute atomic E-state index is 0.117. The number of hydrogen-bond donors (Lipinski definition) is 1. The number of fused-ring (bicyclic) bond motifs is 1. The smallest absolute Gasteiger partial charge is 0.321 e. The number of likely N-dealkylation sites (N-methyl/N-ethyl adjacent to an activating group) is 1. The number of thioether (sulfide) groups is 1. The SMILES string of the molecule is CCN1CCN(c2c(F)cc3c4c2OC2=C5CC(C(=O)O)(C3=O)C(S5)N24)CC1. The number of anilines is 2. The van der Waals surface area contributed by atoms with Crippen LogP contribution in [0.3, 0.4) is 0 Å². The Kier molecular flexibility index (Phi) is 3.10. The van der Waals surface area contributed by atoms with E-state index >= 15 is 4.39 Å². The predicted molar refractivity (Wildman–Crippen MR) is 101 cm³/mol. The van der Waals surface area contributed by atoms with Crippen molar-refractivity contribution in [2.24, 2.45) is 5.41 Å². The second-order valence-electron chi connectivity index (χ2n) is 7.81. The van der Waals surface area contributed by atoms with Gasteiger partial charge in [0, 0.05) is 43.1 Å². The van der Waals surface area contributed by atoms with Crippen LogP contribution in [0.5, 0.6) is 5.75 Å². The van der Waals surface area contributed by atoms with Crippen LogP contribution in [0.15, 0.2) is 16.9 Å². The third kappa shape index (κ3) is 1.71. The Hall–Kier alpha value is -2.26. The lowest BCUT2D eigenvalue weighted by atomic mass is 9.72. The maximum absolute atomic E-state index is 15.2. The second-order valence-corrected chi connectivity index (χ2v) is 8.98. The van der Waals surface area contributed by atoms with E-state index in [9.17, 15) is 14.7 Å². The molecule has 0 spiro atoms. The fourth-order valence-corrected chi connectivity index (χ4v) is 6.71. The van der Waals surface area contributed by atoms with Crippen molar-refractivity contribution in [3.8, 4) is 5.75 Å². The number of Topliss-reactive ketones (excluding diaryl/α,β-unsaturated/α-hetero) is 1. The summed E-state index contributed by atoms with van der Waals surface area (Å²) in [6, 6.07) is 1.22. The van der Waals surface area contributed by atoms with Gasteiger partial charge in [0.2, 0.25) is 5.88 Å². The predicted octanol–water partition coefficient (Wildman–Crippen LogP) is 2.08. The van der Waals surface area contributed by atoms with Gasteiger partial charge in [-0.2, -0.15) is 0 Å². The van der Waals surface area contributed by atoms with Crippen LogP contribution >= 0.6 is 11.8 Å². The number of carboxylic acid groups (broad SMARTS) is 1. The molecule has 5 aliphatic heterocycles. The molecule has 1 aromatic carbocycles. The lowest BCUT2D eigenvalue weighted by Gasteiger charge is -2.41. The number of ether oxygens (including phenoxy) is 1. The summed E-state index contributed by atoms with van der Waals surface area (Å²) in [4.78, 5) is 32.2. The first-order chi connectivity index (χ1) is 13.5. The first-order valence-corrected chi connectivity index (χ1v) is 10.3. The molecule has 1 N–H and O–H groups in total. The summed E-state index contributed by atoms with van der Waals surface area (Å²) in [5.74, 6) is -1.24. The normalized spacial score (nSPS) is 29.8. The van der Waals surface area contributed by atoms with E-state index in [0.717, 1.165) is 24.5 Å². The molecule has 2 unspecified atom stereocenters. The van der Waals surface area contributed by atoms with Crippen molar-refractivity contribution in [3.63, 3.8) is 0 Å². The van der Waals surface area contributed by atoms with Gasteiger partial charge in [-0.15, -0.1) is 0 Å². The molecule has 5 heterocycles. The fourth-order valence-electron chi connectivity index (χ4n) is 5.09. The molecule has 0 aromatic heterocycles. The third-order valence-electron chi connectivity index (χ3n) is 6.60. The van der Waals surface area contributed by atoms with Gasteiger partial charge in [-0.1, -0.05) is 18.7 Å². The highest BCUT2D eigenvalue weighted by Crippen LogP contribution is 2.69. The van der Waals surface area contributed by atoms with Crippen LogP contribution in [-0.2, 0) is 4.79 Å². The molecule has 1 aromatic rings. The Labute approximate surface area is 164 Å². The van der Waals surface area contributed by atoms with Gasteiger partial charge < -0.3 is 19.6 Å². The number of carbonyl (C=O) groups excluding carboxylic acids is 1. The number of nitrogens with zero attached hydrogens (tertiary/aromatic N) is 3. The minimum atomic E-state index is -1.55. The van der Waals surface area contributed by atoms with Gasteiger partial charge >= 0.3 is 5.97 Å². The zero-order valence-electron chi connectivity index (χ0n) is 15.2. The van der Waals surface area contributed by atoms with Gasteiger partial charge in [0.05, 0.1) is 0 Å². The molecule has 0 radical (unpaired) electrons. The van der Waals surface area contributed by atoms with E-state index in [-0.39, 0.29) is 12.0 Å². The number of piperazine rings is 1. The van der Waals surface area contributed by atoms with Crippen LogP contribution in [0, 0.1) is 11.2 Å². The van der Waals surface area contributed by atoms with Crippen molar-refractivity contribution in [3.05, 3.63) is 28.2 Å². The molecule has 0 amide bonds. The Balaban J connectivity index is 1.53. The number of allylic oxidation sites excluding steroid dienone is 1. The standard InChI is InChI=1S/C19H18FN3O4S/c1-2-21-3-5-22(6-4-21)13-10(20)7-9-12-14(13)27-16-11-8-19(15(9)24,18(25)26)17(28-11)23(12)16/h7,17H,2-6,8H2,1H3,(H,25,26). The summed E-state index contributed by atoms with van der Waals surface area (Å²) in [6.07, 6.45) is 0.117. The number of rotatable bonds is 3. The van der Waals surface area contributed by atoms with Gasteiger partial charge in [-0.25, -0.2) is 4.39 Å². The van der Waals surface area contributed by atoms with E-state index < -0.39 is 28.4 Å². The molecule has 28 heavy (non-hydrogen) atoms. The lowest BCUT2D eigenvalue weighted by Crippen LogP contribution is -2.56. The summed E-state index contributed by atoms with van der Waals surface area (Å²) in [6.45, 7) is 6.09. The number of benzene rings is 1. The Morgan fingerprint density at radius 3 is 2.79 bits per heavy atom. The van der Waals surface area contributed by atoms with E-state index in [0.29, 0.717) is 36.1 Å². The van der Waals surface area contributed by atoms with Crippen molar-refractivity contribution in [1.29, 1.82) is 0 Å². The molecule has 2 bridgehead atoms. The maximum atomic E-state index is 15.2. The number of ketones is 1. The highest BCUT2D eigenvalue weighted by Gasteiger charge is 2.70. The average Bonchev–Trinajstić information content (AvgIpc) is 3.36. The third-order valence-corrected chi connectivity index (χ3v) is 8.04. The molecular weight excluding hydrogens is 385 g/mol. The molecule has 9 heteroatoms. The summed E-state index contributed by atoms with van der Waals surface area (Å²) in [5, 5.41) is 9.33. The molecule has 0 aliphatic carbocycles. The van der Waals surface area contributed by atoms with Crippen molar-refractivity contribution in [2.45, 2.75) is 18.7 Å². The Bertz CT molecular complexity index is 1000. The number of hydrogen-bond acceptors (Lipinski definition) is 7. The molecular formula is C19H18FN3O4S. The summed E-state index contributed by atoms with van der Waals surface area (Å²) < 4.78 is 21.3. The van der Waals surface area contributed by atoms with Crippen LogP contribution in [0.1, 0.15) is 23.7 Å². The van der Waals surface area contributed by atoms with Crippen LogP contribution < -0.4 is 14.5 Å². The molecule has 2 saturated heterocycles. The second kappa shape index (κ2) is 5.21. The molecule has 2 atom stereocenters. The first-order valence-electron chi connectivity index (χ1n) is 9.46. The topological polar surface area (TPSA) is 73.3 Å². The molecule has 5 aliphatic rings. The van der Waals surface area contributed by atoms with E-state index in [1.54, 1.807) is 0 Å². The number of carbonyl (C=O) groups is 2. The summed E-state index contributed by atoms with van der Waals surface area (Å²) in [7, 11) is 0. The minimum Gasteiger partial charge on any atom is -0.480 e.